The van der Waals surface area contributed by atoms with Crippen molar-refractivity contribution >= 4 is 23.1 Å². The summed E-state index contributed by atoms with van der Waals surface area (Å²) in [4.78, 5) is 9.85. The second-order valence-electron chi connectivity index (χ2n) is 3.60. The van der Waals surface area contributed by atoms with Gasteiger partial charge in [0.15, 0.2) is 11.0 Å². The zero-order valence-corrected chi connectivity index (χ0v) is 10.1. The van der Waals surface area contributed by atoms with Crippen LogP contribution in [-0.4, -0.2) is 22.6 Å². The van der Waals surface area contributed by atoms with E-state index >= 15 is 0 Å². The van der Waals surface area contributed by atoms with E-state index in [0.717, 1.165) is 0 Å². The third-order valence-electron chi connectivity index (χ3n) is 2.17. The number of nitrogens with two attached hydrogens (primary N) is 1. The van der Waals surface area contributed by atoms with Crippen LogP contribution < -0.4 is 10.6 Å². The number of hydrogen-bond acceptors (Lipinski definition) is 5. The maximum absolute atomic E-state index is 8.60. The van der Waals surface area contributed by atoms with Gasteiger partial charge in [0.2, 0.25) is 0 Å². The van der Waals surface area contributed by atoms with Crippen LogP contribution in [0.3, 0.4) is 0 Å². The van der Waals surface area contributed by atoms with Crippen molar-refractivity contribution in [3.63, 3.8) is 0 Å². The lowest BCUT2D eigenvalue weighted by Gasteiger charge is -2.27. The molecule has 0 aliphatic rings. The van der Waals surface area contributed by atoms with Crippen molar-refractivity contribution in [2.75, 3.05) is 17.2 Å². The first-order valence-corrected chi connectivity index (χ1v) is 5.35. The third-order valence-corrected chi connectivity index (χ3v) is 2.48. The number of rotatable bonds is 4. The van der Waals surface area contributed by atoms with Crippen molar-refractivity contribution in [1.29, 1.82) is 5.26 Å². The summed E-state index contributed by atoms with van der Waals surface area (Å²) < 4.78 is 0. The number of halogens is 1. The average molecular weight is 240 g/mol. The van der Waals surface area contributed by atoms with E-state index < -0.39 is 0 Å². The van der Waals surface area contributed by atoms with Gasteiger partial charge in [0.25, 0.3) is 0 Å². The van der Waals surface area contributed by atoms with E-state index in [1.54, 1.807) is 0 Å². The number of hydrogen-bond donors (Lipinski definition) is 1. The first-order chi connectivity index (χ1) is 7.57. The van der Waals surface area contributed by atoms with E-state index in [1.807, 2.05) is 18.7 Å². The smallest absolute Gasteiger partial charge is 0.157 e. The maximum atomic E-state index is 8.60. The van der Waals surface area contributed by atoms with Crippen LogP contribution in [0.2, 0.25) is 5.15 Å². The summed E-state index contributed by atoms with van der Waals surface area (Å²) in [6, 6.07) is 2.29. The monoisotopic (exact) mass is 239 g/mol. The molecule has 0 aromatic carbocycles. The molecule has 1 rings (SSSR count). The van der Waals surface area contributed by atoms with Gasteiger partial charge in [0.1, 0.15) is 12.0 Å². The van der Waals surface area contributed by atoms with Gasteiger partial charge in [-0.25, -0.2) is 9.97 Å². The summed E-state index contributed by atoms with van der Waals surface area (Å²) in [5.74, 6) is 0.588. The molecular formula is C10H14ClN5. The van der Waals surface area contributed by atoms with Crippen LogP contribution in [0, 0.1) is 11.3 Å². The Labute approximate surface area is 99.9 Å². The number of anilines is 2. The Kier molecular flexibility index (Phi) is 4.32. The van der Waals surface area contributed by atoms with Gasteiger partial charge in [-0.3, -0.25) is 0 Å². The Bertz CT molecular complexity index is 399. The highest BCUT2D eigenvalue weighted by Gasteiger charge is 2.16. The van der Waals surface area contributed by atoms with Gasteiger partial charge in [-0.2, -0.15) is 5.26 Å². The van der Waals surface area contributed by atoms with Crippen molar-refractivity contribution in [3.05, 3.63) is 11.5 Å². The van der Waals surface area contributed by atoms with Crippen molar-refractivity contribution in [3.8, 4) is 6.07 Å². The fraction of sp³-hybridized carbons (Fsp3) is 0.500. The number of nitrogens with zero attached hydrogens (tertiary/aromatic N) is 4. The predicted octanol–water partition coefficient (Wildman–Crippen LogP) is 1.84. The van der Waals surface area contributed by atoms with Crippen LogP contribution in [-0.2, 0) is 0 Å². The van der Waals surface area contributed by atoms with Crippen molar-refractivity contribution in [1.82, 2.24) is 9.97 Å². The zero-order valence-electron chi connectivity index (χ0n) is 9.31. The van der Waals surface area contributed by atoms with Crippen molar-refractivity contribution in [2.45, 2.75) is 26.3 Å². The molecule has 86 valence electrons. The zero-order chi connectivity index (χ0) is 12.1. The molecule has 2 N–H and O–H groups in total. The Balaban J connectivity index is 3.02. The molecule has 0 bridgehead atoms. The summed E-state index contributed by atoms with van der Waals surface area (Å²) in [6.45, 7) is 4.59. The SMILES string of the molecule is CC(C)N(CCC#N)c1ncnc(Cl)c1N. The van der Waals surface area contributed by atoms with Crippen molar-refractivity contribution in [2.24, 2.45) is 0 Å². The molecular weight excluding hydrogens is 226 g/mol. The lowest BCUT2D eigenvalue weighted by atomic mass is 10.2. The standard InChI is InChI=1S/C10H14ClN5/c1-7(2)16(5-3-4-12)10-8(13)9(11)14-6-15-10/h6-7H,3,5,13H2,1-2H3. The third kappa shape index (κ3) is 2.74. The Morgan fingerprint density at radius 3 is 2.81 bits per heavy atom. The van der Waals surface area contributed by atoms with Gasteiger partial charge in [-0.1, -0.05) is 11.6 Å². The van der Waals surface area contributed by atoms with Crippen molar-refractivity contribution < 1.29 is 0 Å². The molecule has 0 radical (unpaired) electrons. The van der Waals surface area contributed by atoms with Crippen LogP contribution in [0.25, 0.3) is 0 Å². The first kappa shape index (κ1) is 12.5. The lowest BCUT2D eigenvalue weighted by Crippen LogP contribution is -2.33. The number of nitrogen functional groups attached to an aromatic ring is 1. The second-order valence-corrected chi connectivity index (χ2v) is 3.96. The van der Waals surface area contributed by atoms with E-state index in [1.165, 1.54) is 6.33 Å². The van der Waals surface area contributed by atoms with Crippen LogP contribution in [0.15, 0.2) is 6.33 Å². The van der Waals surface area contributed by atoms with Gasteiger partial charge in [0, 0.05) is 12.6 Å². The van der Waals surface area contributed by atoms with Gasteiger partial charge in [-0.15, -0.1) is 0 Å². The van der Waals surface area contributed by atoms with Crippen LogP contribution in [0.4, 0.5) is 11.5 Å². The van der Waals surface area contributed by atoms with Crippen LogP contribution in [0.5, 0.6) is 0 Å². The summed E-state index contributed by atoms with van der Waals surface area (Å²) >= 11 is 5.83. The Hall–Kier alpha value is -1.54. The highest BCUT2D eigenvalue weighted by atomic mass is 35.5. The highest BCUT2D eigenvalue weighted by Crippen LogP contribution is 2.27. The van der Waals surface area contributed by atoms with E-state index in [4.69, 9.17) is 22.6 Å². The number of aromatic nitrogens is 2. The van der Waals surface area contributed by atoms with Crippen LogP contribution in [0.1, 0.15) is 20.3 Å². The maximum Gasteiger partial charge on any atom is 0.157 e. The van der Waals surface area contributed by atoms with Crippen LogP contribution >= 0.6 is 11.6 Å². The molecule has 0 spiro atoms. The minimum Gasteiger partial charge on any atom is -0.393 e. The molecule has 1 aromatic rings. The lowest BCUT2D eigenvalue weighted by molar-refractivity contribution is 0.677. The molecule has 6 heteroatoms. The van der Waals surface area contributed by atoms with Gasteiger partial charge >= 0.3 is 0 Å². The molecule has 0 saturated carbocycles. The molecule has 1 heterocycles. The molecule has 1 aromatic heterocycles. The minimum absolute atomic E-state index is 0.196. The summed E-state index contributed by atoms with van der Waals surface area (Å²) in [6.07, 6.45) is 1.79. The van der Waals surface area contributed by atoms with E-state index in [2.05, 4.69) is 16.0 Å². The summed E-state index contributed by atoms with van der Waals surface area (Å²) in [7, 11) is 0. The second kappa shape index (κ2) is 5.52. The van der Waals surface area contributed by atoms with Gasteiger partial charge in [-0.05, 0) is 13.8 Å². The molecule has 0 aliphatic carbocycles. The summed E-state index contributed by atoms with van der Waals surface area (Å²) in [5, 5.41) is 8.84. The van der Waals surface area contributed by atoms with E-state index in [9.17, 15) is 0 Å². The summed E-state index contributed by atoms with van der Waals surface area (Å²) in [5.41, 5.74) is 6.17. The molecule has 16 heavy (non-hydrogen) atoms. The molecule has 0 atom stereocenters. The topological polar surface area (TPSA) is 78.8 Å². The van der Waals surface area contributed by atoms with E-state index in [-0.39, 0.29) is 11.2 Å². The van der Waals surface area contributed by atoms with Gasteiger partial charge < -0.3 is 10.6 Å². The highest BCUT2D eigenvalue weighted by molar-refractivity contribution is 6.32. The predicted molar refractivity (Wildman–Crippen MR) is 64.2 cm³/mol. The number of nitriles is 1. The Morgan fingerprint density at radius 2 is 2.25 bits per heavy atom. The quantitative estimate of drug-likeness (QED) is 0.811. The normalized spacial score (nSPS) is 10.2. The molecule has 0 saturated heterocycles. The Morgan fingerprint density at radius 1 is 1.56 bits per heavy atom. The molecule has 0 aliphatic heterocycles. The molecule has 5 nitrogen and oxygen atoms in total. The fourth-order valence-electron chi connectivity index (χ4n) is 1.37. The molecule has 0 fully saturated rings. The fourth-order valence-corrected chi connectivity index (χ4v) is 1.50. The van der Waals surface area contributed by atoms with E-state index in [0.29, 0.717) is 24.5 Å². The molecule has 0 amide bonds. The minimum atomic E-state index is 0.196. The molecule has 0 unspecified atom stereocenters. The first-order valence-electron chi connectivity index (χ1n) is 4.97. The van der Waals surface area contributed by atoms with Gasteiger partial charge in [0.05, 0.1) is 12.5 Å². The average Bonchev–Trinajstić information content (AvgIpc) is 2.24. The largest absolute Gasteiger partial charge is 0.393 e.